The molecule has 0 fully saturated rings. The number of rotatable bonds is 7. The van der Waals surface area contributed by atoms with E-state index in [1.54, 1.807) is 20.3 Å². The van der Waals surface area contributed by atoms with Crippen LogP contribution in [0.15, 0.2) is 12.1 Å². The summed E-state index contributed by atoms with van der Waals surface area (Å²) in [5.41, 5.74) is 12.4. The molecule has 0 bridgehead atoms. The summed E-state index contributed by atoms with van der Waals surface area (Å²) in [6.45, 7) is 3.29. The maximum atomic E-state index is 6.30. The molecule has 1 aromatic carbocycles. The van der Waals surface area contributed by atoms with Gasteiger partial charge < -0.3 is 20.9 Å². The minimum atomic E-state index is 0.268. The highest BCUT2D eigenvalue weighted by molar-refractivity contribution is 6.31. The van der Waals surface area contributed by atoms with E-state index in [4.69, 9.17) is 32.5 Å². The Morgan fingerprint density at radius 2 is 1.63 bits per heavy atom. The highest BCUT2D eigenvalue weighted by atomic mass is 35.5. The van der Waals surface area contributed by atoms with E-state index in [0.717, 1.165) is 12.0 Å². The van der Waals surface area contributed by atoms with Gasteiger partial charge in [0.25, 0.3) is 0 Å². The molecule has 0 aliphatic rings. The summed E-state index contributed by atoms with van der Waals surface area (Å²) in [7, 11) is 3.21. The molecule has 0 aliphatic carbocycles. The Morgan fingerprint density at radius 1 is 1.11 bits per heavy atom. The molecule has 1 atom stereocenters. The summed E-state index contributed by atoms with van der Waals surface area (Å²) in [4.78, 5) is 0. The highest BCUT2D eigenvalue weighted by Crippen LogP contribution is 2.38. The van der Waals surface area contributed by atoms with Gasteiger partial charge in [0, 0.05) is 11.1 Å². The van der Waals surface area contributed by atoms with Gasteiger partial charge in [0.2, 0.25) is 0 Å². The Labute approximate surface area is 120 Å². The fraction of sp³-hybridized carbons (Fsp3) is 0.571. The SMILES string of the molecule is COc1cc(Cl)c(C(C)CC(CN)CN)cc1OC. The van der Waals surface area contributed by atoms with Crippen molar-refractivity contribution in [3.05, 3.63) is 22.7 Å². The third-order valence-corrected chi connectivity index (χ3v) is 3.71. The number of nitrogens with two attached hydrogens (primary N) is 2. The summed E-state index contributed by atoms with van der Waals surface area (Å²) in [5.74, 6) is 1.90. The van der Waals surface area contributed by atoms with Crippen LogP contribution >= 0.6 is 11.6 Å². The van der Waals surface area contributed by atoms with Crippen molar-refractivity contribution in [3.8, 4) is 11.5 Å². The van der Waals surface area contributed by atoms with Crippen LogP contribution < -0.4 is 20.9 Å². The minimum Gasteiger partial charge on any atom is -0.493 e. The number of halogens is 1. The first-order chi connectivity index (χ1) is 9.07. The molecule has 0 heterocycles. The molecule has 19 heavy (non-hydrogen) atoms. The second kappa shape index (κ2) is 7.58. The molecule has 1 unspecified atom stereocenters. The van der Waals surface area contributed by atoms with Crippen LogP contribution in [0.2, 0.25) is 5.02 Å². The van der Waals surface area contributed by atoms with Gasteiger partial charge in [-0.1, -0.05) is 18.5 Å². The van der Waals surface area contributed by atoms with Crippen LogP contribution in [0.25, 0.3) is 0 Å². The first-order valence-electron chi connectivity index (χ1n) is 6.38. The van der Waals surface area contributed by atoms with Gasteiger partial charge in [0.05, 0.1) is 14.2 Å². The van der Waals surface area contributed by atoms with Crippen molar-refractivity contribution in [2.45, 2.75) is 19.3 Å². The van der Waals surface area contributed by atoms with Gasteiger partial charge in [0.1, 0.15) is 0 Å². The van der Waals surface area contributed by atoms with Crippen LogP contribution in [-0.2, 0) is 0 Å². The maximum Gasteiger partial charge on any atom is 0.162 e. The van der Waals surface area contributed by atoms with Gasteiger partial charge in [-0.2, -0.15) is 0 Å². The minimum absolute atomic E-state index is 0.268. The monoisotopic (exact) mass is 286 g/mol. The Balaban J connectivity index is 2.99. The zero-order valence-corrected chi connectivity index (χ0v) is 12.5. The Hall–Kier alpha value is -0.970. The van der Waals surface area contributed by atoms with Crippen molar-refractivity contribution in [1.82, 2.24) is 0 Å². The second-order valence-electron chi connectivity index (χ2n) is 4.70. The molecule has 4 N–H and O–H groups in total. The standard InChI is InChI=1S/C14H23ClN2O2/c1-9(4-10(7-16)8-17)11-5-13(18-2)14(19-3)6-12(11)15/h5-6,9-10H,4,7-8,16-17H2,1-3H3. The molecule has 4 nitrogen and oxygen atoms in total. The van der Waals surface area contributed by atoms with Crippen LogP contribution in [0.4, 0.5) is 0 Å². The number of hydrogen-bond acceptors (Lipinski definition) is 4. The largest absolute Gasteiger partial charge is 0.493 e. The number of hydrogen-bond donors (Lipinski definition) is 2. The van der Waals surface area contributed by atoms with Crippen LogP contribution in [0, 0.1) is 5.92 Å². The molecule has 1 rings (SSSR count). The van der Waals surface area contributed by atoms with E-state index < -0.39 is 0 Å². The van der Waals surface area contributed by atoms with Gasteiger partial charge in [-0.05, 0) is 43.0 Å². The van der Waals surface area contributed by atoms with Crippen molar-refractivity contribution in [1.29, 1.82) is 0 Å². The average molecular weight is 287 g/mol. The van der Waals surface area contributed by atoms with E-state index in [0.29, 0.717) is 35.5 Å². The molecule has 1 aromatic rings. The van der Waals surface area contributed by atoms with E-state index >= 15 is 0 Å². The molecule has 0 aliphatic heterocycles. The van der Waals surface area contributed by atoms with Crippen LogP contribution in [-0.4, -0.2) is 27.3 Å². The first kappa shape index (κ1) is 16.1. The molecule has 108 valence electrons. The third kappa shape index (κ3) is 4.00. The molecule has 0 saturated carbocycles. The molecular weight excluding hydrogens is 264 g/mol. The lowest BCUT2D eigenvalue weighted by Gasteiger charge is -2.20. The summed E-state index contributed by atoms with van der Waals surface area (Å²) in [5, 5.41) is 0.679. The molecule has 0 amide bonds. The van der Waals surface area contributed by atoms with E-state index in [9.17, 15) is 0 Å². The van der Waals surface area contributed by atoms with Gasteiger partial charge in [-0.3, -0.25) is 0 Å². The Bertz CT molecular complexity index is 409. The molecule has 0 radical (unpaired) electrons. The predicted molar refractivity (Wildman–Crippen MR) is 79.2 cm³/mol. The van der Waals surface area contributed by atoms with E-state index in [-0.39, 0.29) is 5.92 Å². The second-order valence-corrected chi connectivity index (χ2v) is 5.11. The summed E-state index contributed by atoms with van der Waals surface area (Å²) in [6.07, 6.45) is 0.905. The van der Waals surface area contributed by atoms with Crippen LogP contribution in [0.1, 0.15) is 24.8 Å². The van der Waals surface area contributed by atoms with Crippen molar-refractivity contribution in [2.24, 2.45) is 17.4 Å². The maximum absolute atomic E-state index is 6.30. The fourth-order valence-corrected chi connectivity index (χ4v) is 2.50. The third-order valence-electron chi connectivity index (χ3n) is 3.39. The summed E-state index contributed by atoms with van der Waals surface area (Å²) in [6, 6.07) is 3.71. The average Bonchev–Trinajstić information content (AvgIpc) is 2.43. The smallest absolute Gasteiger partial charge is 0.162 e. The summed E-state index contributed by atoms with van der Waals surface area (Å²) >= 11 is 6.30. The van der Waals surface area contributed by atoms with Crippen molar-refractivity contribution >= 4 is 11.6 Å². The predicted octanol–water partition coefficient (Wildman–Crippen LogP) is 2.38. The topological polar surface area (TPSA) is 70.5 Å². The highest BCUT2D eigenvalue weighted by Gasteiger charge is 2.18. The fourth-order valence-electron chi connectivity index (χ4n) is 2.16. The Kier molecular flexibility index (Phi) is 6.42. The Morgan fingerprint density at radius 3 is 2.11 bits per heavy atom. The number of ether oxygens (including phenoxy) is 2. The zero-order chi connectivity index (χ0) is 14.4. The molecule has 0 saturated heterocycles. The van der Waals surface area contributed by atoms with E-state index in [2.05, 4.69) is 6.92 Å². The van der Waals surface area contributed by atoms with Crippen LogP contribution in [0.3, 0.4) is 0 Å². The van der Waals surface area contributed by atoms with Gasteiger partial charge in [-0.25, -0.2) is 0 Å². The quantitative estimate of drug-likeness (QED) is 0.807. The van der Waals surface area contributed by atoms with Crippen molar-refractivity contribution in [3.63, 3.8) is 0 Å². The van der Waals surface area contributed by atoms with Crippen molar-refractivity contribution in [2.75, 3.05) is 27.3 Å². The molecule has 5 heteroatoms. The van der Waals surface area contributed by atoms with Gasteiger partial charge >= 0.3 is 0 Å². The molecule has 0 aromatic heterocycles. The summed E-state index contributed by atoms with van der Waals surface area (Å²) < 4.78 is 10.5. The zero-order valence-electron chi connectivity index (χ0n) is 11.8. The number of methoxy groups -OCH3 is 2. The molecular formula is C14H23ClN2O2. The number of benzene rings is 1. The van der Waals surface area contributed by atoms with E-state index in [1.165, 1.54) is 0 Å². The lowest BCUT2D eigenvalue weighted by Crippen LogP contribution is -2.24. The van der Waals surface area contributed by atoms with Gasteiger partial charge in [0.15, 0.2) is 11.5 Å². The first-order valence-corrected chi connectivity index (χ1v) is 6.76. The lowest BCUT2D eigenvalue weighted by molar-refractivity contribution is 0.354. The lowest BCUT2D eigenvalue weighted by atomic mass is 9.90. The normalized spacial score (nSPS) is 12.6. The van der Waals surface area contributed by atoms with E-state index in [1.807, 2.05) is 6.07 Å². The van der Waals surface area contributed by atoms with Crippen molar-refractivity contribution < 1.29 is 9.47 Å². The molecule has 0 spiro atoms. The van der Waals surface area contributed by atoms with Gasteiger partial charge in [-0.15, -0.1) is 0 Å². The van der Waals surface area contributed by atoms with Crippen LogP contribution in [0.5, 0.6) is 11.5 Å².